The van der Waals surface area contributed by atoms with E-state index >= 15 is 0 Å². The van der Waals surface area contributed by atoms with Gasteiger partial charge < -0.3 is 30.7 Å². The SMILES string of the molecule is CC[C@H](NC(=O)[C@@H]1C(C(C)C)CCN1C(=O)[C@@H](NC(=O)OC(C)(C)C)[C@H](C)O)C(=O)C(=O)NC/C=C/CC(C)(C)S(=O)(=O)CC1(N=C=O)CCCCC1. The van der Waals surface area contributed by atoms with Crippen molar-refractivity contribution in [3.05, 3.63) is 12.2 Å². The summed E-state index contributed by atoms with van der Waals surface area (Å²) >= 11 is 0. The summed E-state index contributed by atoms with van der Waals surface area (Å²) in [6.45, 7) is 15.0. The topological polar surface area (TPSA) is 218 Å². The number of nitrogens with zero attached hydrogens (tertiary/aromatic N) is 2. The molecule has 4 amide bonds. The number of ether oxygens (including phenoxy) is 1. The highest BCUT2D eigenvalue weighted by atomic mass is 32.2. The van der Waals surface area contributed by atoms with E-state index in [1.54, 1.807) is 59.8 Å². The summed E-state index contributed by atoms with van der Waals surface area (Å²) in [5.74, 6) is -3.76. The first-order valence-corrected chi connectivity index (χ1v) is 20.2. The first kappa shape index (κ1) is 45.5. The number of aliphatic hydroxyl groups is 1. The number of nitrogens with one attached hydrogen (secondary N) is 3. The fourth-order valence-electron chi connectivity index (χ4n) is 6.83. The number of alkyl carbamates (subject to hydrolysis) is 1. The number of amides is 4. The molecule has 5 atom stereocenters. The minimum Gasteiger partial charge on any atom is -0.444 e. The summed E-state index contributed by atoms with van der Waals surface area (Å²) in [5, 5.41) is 18.0. The molecule has 300 valence electrons. The van der Waals surface area contributed by atoms with Gasteiger partial charge in [0.1, 0.15) is 17.7 Å². The summed E-state index contributed by atoms with van der Waals surface area (Å²) < 4.78 is 30.9. The molecule has 0 spiro atoms. The Morgan fingerprint density at radius 1 is 1.02 bits per heavy atom. The van der Waals surface area contributed by atoms with Gasteiger partial charge in [-0.2, -0.15) is 4.99 Å². The number of Topliss-reactive ketones (excluding diaryl/α,β-unsaturated/α-hetero) is 1. The molecule has 1 saturated heterocycles. The molecule has 1 aliphatic heterocycles. The van der Waals surface area contributed by atoms with Gasteiger partial charge in [0.2, 0.25) is 23.7 Å². The van der Waals surface area contributed by atoms with Crippen LogP contribution in [0.3, 0.4) is 0 Å². The molecule has 2 rings (SSSR count). The van der Waals surface area contributed by atoms with E-state index in [9.17, 15) is 42.3 Å². The molecule has 0 radical (unpaired) electrons. The largest absolute Gasteiger partial charge is 0.444 e. The number of carbonyl (C=O) groups excluding carboxylic acids is 6. The van der Waals surface area contributed by atoms with Crippen LogP contribution >= 0.6 is 0 Å². The first-order valence-electron chi connectivity index (χ1n) is 18.6. The Bertz CT molecular complexity index is 1510. The molecule has 0 bridgehead atoms. The molecule has 4 N–H and O–H groups in total. The van der Waals surface area contributed by atoms with Crippen LogP contribution in [0.25, 0.3) is 0 Å². The van der Waals surface area contributed by atoms with E-state index in [1.165, 1.54) is 11.8 Å². The van der Waals surface area contributed by atoms with Gasteiger partial charge in [0.25, 0.3) is 5.91 Å². The number of sulfone groups is 1. The fraction of sp³-hybridized carbons (Fsp3) is 0.784. The van der Waals surface area contributed by atoms with Gasteiger partial charge in [-0.05, 0) is 85.5 Å². The van der Waals surface area contributed by atoms with E-state index in [0.717, 1.165) is 19.3 Å². The maximum atomic E-state index is 13.8. The number of carbonyl (C=O) groups is 5. The maximum Gasteiger partial charge on any atom is 0.408 e. The van der Waals surface area contributed by atoms with E-state index < -0.39 is 79.6 Å². The highest BCUT2D eigenvalue weighted by Crippen LogP contribution is 2.36. The number of aliphatic imine (C=N–C) groups is 1. The predicted molar refractivity (Wildman–Crippen MR) is 199 cm³/mol. The highest BCUT2D eigenvalue weighted by molar-refractivity contribution is 7.92. The Hall–Kier alpha value is -3.62. The number of ketones is 1. The van der Waals surface area contributed by atoms with Gasteiger partial charge in [-0.25, -0.2) is 18.0 Å². The average Bonchev–Trinajstić information content (AvgIpc) is 3.50. The summed E-state index contributed by atoms with van der Waals surface area (Å²) in [5.41, 5.74) is -1.81. The predicted octanol–water partition coefficient (Wildman–Crippen LogP) is 2.89. The smallest absolute Gasteiger partial charge is 0.408 e. The van der Waals surface area contributed by atoms with Crippen LogP contribution in [0.5, 0.6) is 0 Å². The van der Waals surface area contributed by atoms with Crippen molar-refractivity contribution in [1.29, 1.82) is 0 Å². The third kappa shape index (κ3) is 12.7. The number of likely N-dealkylation sites (tertiary alicyclic amines) is 1. The molecule has 15 nitrogen and oxygen atoms in total. The van der Waals surface area contributed by atoms with E-state index in [1.807, 2.05) is 13.8 Å². The zero-order valence-corrected chi connectivity index (χ0v) is 33.6. The highest BCUT2D eigenvalue weighted by Gasteiger charge is 2.47. The van der Waals surface area contributed by atoms with Crippen molar-refractivity contribution in [1.82, 2.24) is 20.9 Å². The van der Waals surface area contributed by atoms with Crippen molar-refractivity contribution in [3.63, 3.8) is 0 Å². The molecule has 2 aliphatic rings. The third-order valence-electron chi connectivity index (χ3n) is 10.1. The maximum absolute atomic E-state index is 13.8. The molecule has 2 fully saturated rings. The van der Waals surface area contributed by atoms with Crippen molar-refractivity contribution >= 4 is 45.5 Å². The van der Waals surface area contributed by atoms with E-state index in [-0.39, 0.29) is 43.5 Å². The monoisotopic (exact) mass is 767 g/mol. The molecular weight excluding hydrogens is 706 g/mol. The van der Waals surface area contributed by atoms with Crippen LogP contribution in [-0.4, -0.2) is 113 Å². The van der Waals surface area contributed by atoms with Gasteiger partial charge in [-0.3, -0.25) is 19.2 Å². The van der Waals surface area contributed by atoms with E-state index in [4.69, 9.17) is 4.74 Å². The molecule has 1 heterocycles. The second-order valence-corrected chi connectivity index (χ2v) is 18.9. The van der Waals surface area contributed by atoms with Crippen molar-refractivity contribution in [3.8, 4) is 0 Å². The first-order chi connectivity index (χ1) is 24.5. The van der Waals surface area contributed by atoms with Crippen molar-refractivity contribution in [2.45, 2.75) is 154 Å². The minimum absolute atomic E-state index is 0.0450. The number of rotatable bonds is 17. The van der Waals surface area contributed by atoms with Crippen LogP contribution in [0, 0.1) is 11.8 Å². The lowest BCUT2D eigenvalue weighted by Gasteiger charge is -2.35. The lowest BCUT2D eigenvalue weighted by Crippen LogP contribution is -2.60. The Morgan fingerprint density at radius 3 is 2.17 bits per heavy atom. The van der Waals surface area contributed by atoms with Gasteiger partial charge in [0, 0.05) is 13.1 Å². The molecule has 0 aromatic rings. The molecule has 1 aliphatic carbocycles. The summed E-state index contributed by atoms with van der Waals surface area (Å²) in [7, 11) is -3.70. The quantitative estimate of drug-likeness (QED) is 0.0734. The summed E-state index contributed by atoms with van der Waals surface area (Å²) in [6.07, 6.45) is 6.72. The lowest BCUT2D eigenvalue weighted by atomic mass is 9.84. The Kier molecular flexibility index (Phi) is 16.4. The molecule has 53 heavy (non-hydrogen) atoms. The molecule has 16 heteroatoms. The second-order valence-electron chi connectivity index (χ2n) is 16.3. The Balaban J connectivity index is 2.07. The van der Waals surface area contributed by atoms with Gasteiger partial charge >= 0.3 is 6.09 Å². The molecule has 1 unspecified atom stereocenters. The van der Waals surface area contributed by atoms with Crippen LogP contribution in [0.2, 0.25) is 0 Å². The molecule has 1 saturated carbocycles. The Morgan fingerprint density at radius 2 is 1.64 bits per heavy atom. The zero-order chi connectivity index (χ0) is 40.4. The van der Waals surface area contributed by atoms with Crippen LogP contribution < -0.4 is 16.0 Å². The van der Waals surface area contributed by atoms with Crippen molar-refractivity contribution in [2.75, 3.05) is 18.8 Å². The number of hydrogen-bond donors (Lipinski definition) is 4. The zero-order valence-electron chi connectivity index (χ0n) is 32.8. The van der Waals surface area contributed by atoms with Gasteiger partial charge in [-0.15, -0.1) is 0 Å². The number of hydrogen-bond acceptors (Lipinski definition) is 11. The van der Waals surface area contributed by atoms with Gasteiger partial charge in [0.15, 0.2) is 9.84 Å². The molecule has 0 aromatic carbocycles. The van der Waals surface area contributed by atoms with Crippen LogP contribution in [0.4, 0.5) is 4.79 Å². The average molecular weight is 768 g/mol. The summed E-state index contributed by atoms with van der Waals surface area (Å²) in [4.78, 5) is 82.3. The number of allylic oxidation sites excluding steroid dienone is 1. The van der Waals surface area contributed by atoms with Crippen molar-refractivity contribution in [2.24, 2.45) is 16.8 Å². The standard InChI is InChI=1S/C37H61N5O10S/c1-10-27(30(45)32(47)38-20-15-14-17-36(8,9)53(50,51)22-37(39-23-43)18-12-11-13-19-37)40-31(46)29-26(24(2)3)16-21-42(29)33(48)28(25(4)44)41-34(49)52-35(5,6)7/h14-15,24-29,44H,10-13,16-22H2,1-9H3,(H,38,47)(H,40,46)(H,41,49)/b15-14+/t25-,26?,27-,28-,29-/m0/s1. The normalized spacial score (nSPS) is 20.9. The number of aliphatic hydroxyl groups excluding tert-OH is 1. The van der Waals surface area contributed by atoms with Crippen LogP contribution in [0.1, 0.15) is 114 Å². The molecular formula is C37H61N5O10S. The number of isocyanates is 1. The Labute approximate surface area is 314 Å². The van der Waals surface area contributed by atoms with E-state index in [0.29, 0.717) is 19.3 Å². The fourth-order valence-corrected chi connectivity index (χ4v) is 8.63. The lowest BCUT2D eigenvalue weighted by molar-refractivity contribution is -0.144. The van der Waals surface area contributed by atoms with Gasteiger partial charge in [0.05, 0.1) is 28.2 Å². The van der Waals surface area contributed by atoms with Gasteiger partial charge in [-0.1, -0.05) is 52.2 Å². The van der Waals surface area contributed by atoms with Crippen LogP contribution in [-0.2, 0) is 38.5 Å². The minimum atomic E-state index is -3.70. The summed E-state index contributed by atoms with van der Waals surface area (Å²) in [6, 6.07) is -3.63. The second kappa shape index (κ2) is 19.1. The van der Waals surface area contributed by atoms with E-state index in [2.05, 4.69) is 20.9 Å². The van der Waals surface area contributed by atoms with Crippen molar-refractivity contribution < 1.29 is 47.0 Å². The van der Waals surface area contributed by atoms with Crippen LogP contribution in [0.15, 0.2) is 17.1 Å². The third-order valence-corrected chi connectivity index (χ3v) is 12.8. The molecule has 0 aromatic heterocycles.